The highest BCUT2D eigenvalue weighted by Gasteiger charge is 2.39. The molecular formula is C9H14O2. The van der Waals surface area contributed by atoms with Crippen molar-refractivity contribution >= 4 is 5.97 Å². The van der Waals surface area contributed by atoms with Gasteiger partial charge in [0.2, 0.25) is 0 Å². The first-order valence-corrected chi connectivity index (χ1v) is 4.45. The fourth-order valence-electron chi connectivity index (χ4n) is 2.43. The third-order valence-corrected chi connectivity index (χ3v) is 3.17. The van der Waals surface area contributed by atoms with E-state index in [2.05, 4.69) is 0 Å². The van der Waals surface area contributed by atoms with Crippen LogP contribution in [0.3, 0.4) is 0 Å². The Morgan fingerprint density at radius 1 is 1.45 bits per heavy atom. The Kier molecular flexibility index (Phi) is 1.63. The molecule has 0 aromatic carbocycles. The van der Waals surface area contributed by atoms with Crippen molar-refractivity contribution in [2.75, 3.05) is 6.61 Å². The van der Waals surface area contributed by atoms with E-state index in [1.807, 2.05) is 6.92 Å². The summed E-state index contributed by atoms with van der Waals surface area (Å²) >= 11 is 0. The number of esters is 1. The molecule has 2 fully saturated rings. The summed E-state index contributed by atoms with van der Waals surface area (Å²) < 4.78 is 5.07. The van der Waals surface area contributed by atoms with E-state index in [0.29, 0.717) is 18.4 Å². The van der Waals surface area contributed by atoms with Gasteiger partial charge >= 0.3 is 5.97 Å². The van der Waals surface area contributed by atoms with Gasteiger partial charge in [-0.15, -0.1) is 0 Å². The third kappa shape index (κ3) is 1.05. The van der Waals surface area contributed by atoms with Crippen molar-refractivity contribution in [3.63, 3.8) is 0 Å². The molecule has 2 rings (SSSR count). The predicted molar refractivity (Wildman–Crippen MR) is 41.0 cm³/mol. The van der Waals surface area contributed by atoms with Gasteiger partial charge in [0.25, 0.3) is 0 Å². The maximum atomic E-state index is 11.1. The molecule has 2 nitrogen and oxygen atoms in total. The van der Waals surface area contributed by atoms with Crippen molar-refractivity contribution in [1.82, 2.24) is 0 Å². The summed E-state index contributed by atoms with van der Waals surface area (Å²) in [5.74, 6) is 1.50. The van der Waals surface area contributed by atoms with Crippen molar-refractivity contribution < 1.29 is 9.53 Å². The molecule has 0 bridgehead atoms. The minimum Gasteiger partial charge on any atom is -0.465 e. The first kappa shape index (κ1) is 7.14. The lowest BCUT2D eigenvalue weighted by Crippen LogP contribution is -2.34. The summed E-state index contributed by atoms with van der Waals surface area (Å²) in [4.78, 5) is 11.1. The number of rotatable bonds is 0. The quantitative estimate of drug-likeness (QED) is 0.495. The normalized spacial score (nSPS) is 43.4. The second-order valence-corrected chi connectivity index (χ2v) is 3.77. The van der Waals surface area contributed by atoms with E-state index in [0.717, 1.165) is 0 Å². The average Bonchev–Trinajstić information content (AvgIpc) is 2.45. The highest BCUT2D eigenvalue weighted by atomic mass is 16.5. The topological polar surface area (TPSA) is 26.3 Å². The summed E-state index contributed by atoms with van der Waals surface area (Å²) in [5, 5.41) is 0. The van der Waals surface area contributed by atoms with Crippen molar-refractivity contribution in [2.24, 2.45) is 17.8 Å². The fraction of sp³-hybridized carbons (Fsp3) is 0.889. The SMILES string of the molecule is C[C@@H]1C(=O)OC[C@@H]2CCC[C@@H]21. The molecule has 0 aromatic heterocycles. The van der Waals surface area contributed by atoms with Crippen molar-refractivity contribution in [1.29, 1.82) is 0 Å². The van der Waals surface area contributed by atoms with Gasteiger partial charge in [0.15, 0.2) is 0 Å². The zero-order valence-corrected chi connectivity index (χ0v) is 6.88. The molecule has 0 radical (unpaired) electrons. The molecule has 1 aliphatic heterocycles. The Labute approximate surface area is 66.9 Å². The van der Waals surface area contributed by atoms with E-state index in [1.54, 1.807) is 0 Å². The molecule has 1 saturated heterocycles. The van der Waals surface area contributed by atoms with E-state index in [-0.39, 0.29) is 11.9 Å². The molecule has 2 aliphatic rings. The van der Waals surface area contributed by atoms with Gasteiger partial charge in [-0.05, 0) is 24.7 Å². The van der Waals surface area contributed by atoms with Crippen LogP contribution in [0, 0.1) is 17.8 Å². The average molecular weight is 154 g/mol. The van der Waals surface area contributed by atoms with Crippen molar-refractivity contribution in [2.45, 2.75) is 26.2 Å². The highest BCUT2D eigenvalue weighted by Crippen LogP contribution is 2.40. The van der Waals surface area contributed by atoms with Gasteiger partial charge in [0, 0.05) is 0 Å². The molecule has 2 heteroatoms. The lowest BCUT2D eigenvalue weighted by Gasteiger charge is -2.29. The summed E-state index contributed by atoms with van der Waals surface area (Å²) in [5.41, 5.74) is 0. The van der Waals surface area contributed by atoms with Crippen LogP contribution in [0.2, 0.25) is 0 Å². The summed E-state index contributed by atoms with van der Waals surface area (Å²) in [7, 11) is 0. The first-order valence-electron chi connectivity index (χ1n) is 4.45. The summed E-state index contributed by atoms with van der Waals surface area (Å²) in [6.45, 7) is 2.69. The van der Waals surface area contributed by atoms with Crippen LogP contribution in [0.4, 0.5) is 0 Å². The van der Waals surface area contributed by atoms with E-state index >= 15 is 0 Å². The van der Waals surface area contributed by atoms with Crippen molar-refractivity contribution in [3.8, 4) is 0 Å². The standard InChI is InChI=1S/C9H14O2/c1-6-8-4-2-3-7(8)5-11-9(6)10/h6-8H,2-5H2,1H3/t6-,7-,8+/m0/s1. The minimum absolute atomic E-state index is 0.0214. The van der Waals surface area contributed by atoms with Crippen LogP contribution in [0.25, 0.3) is 0 Å². The van der Waals surface area contributed by atoms with Crippen molar-refractivity contribution in [3.05, 3.63) is 0 Å². The molecule has 0 unspecified atom stereocenters. The highest BCUT2D eigenvalue weighted by molar-refractivity contribution is 5.73. The molecule has 11 heavy (non-hydrogen) atoms. The maximum absolute atomic E-state index is 11.1. The Morgan fingerprint density at radius 2 is 2.27 bits per heavy atom. The molecule has 1 aliphatic carbocycles. The van der Waals surface area contributed by atoms with E-state index in [4.69, 9.17) is 4.74 Å². The molecule has 62 valence electrons. The summed E-state index contributed by atoms with van der Waals surface area (Å²) in [6, 6.07) is 0. The molecule has 0 N–H and O–H groups in total. The fourth-order valence-corrected chi connectivity index (χ4v) is 2.43. The lowest BCUT2D eigenvalue weighted by molar-refractivity contribution is -0.158. The first-order chi connectivity index (χ1) is 5.29. The summed E-state index contributed by atoms with van der Waals surface area (Å²) in [6.07, 6.45) is 3.79. The minimum atomic E-state index is 0.0214. The Hall–Kier alpha value is -0.530. The molecule has 3 atom stereocenters. The van der Waals surface area contributed by atoms with Gasteiger partial charge in [-0.3, -0.25) is 4.79 Å². The third-order valence-electron chi connectivity index (χ3n) is 3.17. The number of hydrogen-bond acceptors (Lipinski definition) is 2. The van der Waals surface area contributed by atoms with Crippen LogP contribution in [-0.2, 0) is 9.53 Å². The number of carbonyl (C=O) groups excluding carboxylic acids is 1. The van der Waals surface area contributed by atoms with Crippen LogP contribution >= 0.6 is 0 Å². The Balaban J connectivity index is 2.11. The largest absolute Gasteiger partial charge is 0.465 e. The second kappa shape index (κ2) is 2.50. The van der Waals surface area contributed by atoms with E-state index in [9.17, 15) is 4.79 Å². The van der Waals surface area contributed by atoms with Gasteiger partial charge in [-0.25, -0.2) is 0 Å². The van der Waals surface area contributed by atoms with Gasteiger partial charge in [0.1, 0.15) is 0 Å². The second-order valence-electron chi connectivity index (χ2n) is 3.77. The van der Waals surface area contributed by atoms with Gasteiger partial charge < -0.3 is 4.74 Å². The predicted octanol–water partition coefficient (Wildman–Crippen LogP) is 1.60. The van der Waals surface area contributed by atoms with Gasteiger partial charge in [0.05, 0.1) is 12.5 Å². The van der Waals surface area contributed by atoms with Crippen LogP contribution in [0.15, 0.2) is 0 Å². The van der Waals surface area contributed by atoms with E-state index < -0.39 is 0 Å². The molecule has 1 saturated carbocycles. The number of fused-ring (bicyclic) bond motifs is 1. The molecular weight excluding hydrogens is 140 g/mol. The Morgan fingerprint density at radius 3 is 3.09 bits per heavy atom. The molecule has 0 amide bonds. The smallest absolute Gasteiger partial charge is 0.308 e. The van der Waals surface area contributed by atoms with E-state index in [1.165, 1.54) is 19.3 Å². The monoisotopic (exact) mass is 154 g/mol. The van der Waals surface area contributed by atoms with Gasteiger partial charge in [-0.1, -0.05) is 13.3 Å². The van der Waals surface area contributed by atoms with Gasteiger partial charge in [-0.2, -0.15) is 0 Å². The van der Waals surface area contributed by atoms with Crippen LogP contribution in [0.1, 0.15) is 26.2 Å². The lowest BCUT2D eigenvalue weighted by atomic mass is 9.83. The molecule has 1 heterocycles. The number of cyclic esters (lactones) is 1. The molecule has 0 spiro atoms. The Bertz CT molecular complexity index is 176. The van der Waals surface area contributed by atoms with Crippen LogP contribution in [-0.4, -0.2) is 12.6 Å². The number of carbonyl (C=O) groups is 1. The number of ether oxygens (including phenoxy) is 1. The van der Waals surface area contributed by atoms with Crippen LogP contribution in [0.5, 0.6) is 0 Å². The number of hydrogen-bond donors (Lipinski definition) is 0. The zero-order chi connectivity index (χ0) is 7.84. The maximum Gasteiger partial charge on any atom is 0.308 e. The zero-order valence-electron chi connectivity index (χ0n) is 6.88. The van der Waals surface area contributed by atoms with Crippen LogP contribution < -0.4 is 0 Å². The molecule has 0 aromatic rings.